The van der Waals surface area contributed by atoms with Crippen LogP contribution in [0.2, 0.25) is 0 Å². The van der Waals surface area contributed by atoms with Crippen LogP contribution in [0.15, 0.2) is 17.4 Å². The summed E-state index contributed by atoms with van der Waals surface area (Å²) in [5.41, 5.74) is 0. The fourth-order valence-corrected chi connectivity index (χ4v) is 1.72. The summed E-state index contributed by atoms with van der Waals surface area (Å²) in [4.78, 5) is 10.4. The molecule has 0 aliphatic heterocycles. The predicted molar refractivity (Wildman–Crippen MR) is 63.4 cm³/mol. The molecule has 1 N–H and O–H groups in total. The van der Waals surface area contributed by atoms with Gasteiger partial charge in [-0.15, -0.1) is 11.8 Å². The highest BCUT2D eigenvalue weighted by Crippen LogP contribution is 2.18. The van der Waals surface area contributed by atoms with E-state index in [1.807, 2.05) is 12.3 Å². The quantitative estimate of drug-likeness (QED) is 0.609. The van der Waals surface area contributed by atoms with Crippen LogP contribution in [-0.4, -0.2) is 40.5 Å². The molecule has 0 atom stereocenters. The number of aromatic nitrogens is 2. The molecule has 0 unspecified atom stereocenters. The van der Waals surface area contributed by atoms with Gasteiger partial charge in [0.15, 0.2) is 0 Å². The van der Waals surface area contributed by atoms with E-state index >= 15 is 0 Å². The smallest absolute Gasteiger partial charge is 0.133 e. The zero-order chi connectivity index (χ0) is 11.3. The first-order valence-corrected chi connectivity index (χ1v) is 6.15. The summed E-state index contributed by atoms with van der Waals surface area (Å²) < 4.78 is 0. The van der Waals surface area contributed by atoms with Gasteiger partial charge in [0.1, 0.15) is 17.2 Å². The van der Waals surface area contributed by atoms with Crippen molar-refractivity contribution < 1.29 is 5.11 Å². The van der Waals surface area contributed by atoms with Gasteiger partial charge in [0.05, 0.1) is 6.61 Å². The van der Waals surface area contributed by atoms with Crippen molar-refractivity contribution in [1.29, 1.82) is 0 Å². The van der Waals surface area contributed by atoms with Crippen molar-refractivity contribution in [2.75, 3.05) is 24.3 Å². The number of hydrogen-bond donors (Lipinski definition) is 1. The molecule has 0 radical (unpaired) electrons. The minimum Gasteiger partial charge on any atom is -0.395 e. The molecule has 0 fully saturated rings. The van der Waals surface area contributed by atoms with Gasteiger partial charge < -0.3 is 10.0 Å². The van der Waals surface area contributed by atoms with Crippen molar-refractivity contribution in [2.45, 2.75) is 24.9 Å². The highest BCUT2D eigenvalue weighted by atomic mass is 32.2. The molecular formula is C10H17N3OS. The maximum absolute atomic E-state index is 8.98. The van der Waals surface area contributed by atoms with E-state index in [0.717, 1.165) is 10.8 Å². The van der Waals surface area contributed by atoms with Crippen LogP contribution in [-0.2, 0) is 0 Å². The Hall–Kier alpha value is -0.810. The van der Waals surface area contributed by atoms with Crippen molar-refractivity contribution in [3.8, 4) is 0 Å². The first-order chi connectivity index (χ1) is 7.19. The molecule has 0 amide bonds. The number of anilines is 1. The summed E-state index contributed by atoms with van der Waals surface area (Å²) in [6, 6.07) is 2.27. The maximum Gasteiger partial charge on any atom is 0.133 e. The largest absolute Gasteiger partial charge is 0.395 e. The third-order valence-electron chi connectivity index (χ3n) is 2.10. The monoisotopic (exact) mass is 227 g/mol. The lowest BCUT2D eigenvalue weighted by atomic mass is 10.3. The zero-order valence-corrected chi connectivity index (χ0v) is 10.2. The van der Waals surface area contributed by atoms with E-state index in [4.69, 9.17) is 5.11 Å². The molecule has 84 valence electrons. The topological polar surface area (TPSA) is 49.2 Å². The minimum absolute atomic E-state index is 0.136. The second-order valence-electron chi connectivity index (χ2n) is 3.43. The van der Waals surface area contributed by atoms with Gasteiger partial charge in [0, 0.05) is 18.7 Å². The van der Waals surface area contributed by atoms with Crippen LogP contribution in [0.1, 0.15) is 13.8 Å². The first kappa shape index (κ1) is 12.3. The van der Waals surface area contributed by atoms with Crippen molar-refractivity contribution in [2.24, 2.45) is 0 Å². The van der Waals surface area contributed by atoms with Gasteiger partial charge in [-0.2, -0.15) is 0 Å². The Morgan fingerprint density at radius 2 is 2.20 bits per heavy atom. The highest BCUT2D eigenvalue weighted by Gasteiger charge is 2.11. The molecular weight excluding hydrogens is 210 g/mol. The predicted octanol–water partition coefficient (Wildman–Crippen LogP) is 1.41. The second-order valence-corrected chi connectivity index (χ2v) is 4.26. The second kappa shape index (κ2) is 5.92. The minimum atomic E-state index is 0.136. The summed E-state index contributed by atoms with van der Waals surface area (Å²) in [5, 5.41) is 9.93. The lowest BCUT2D eigenvalue weighted by Gasteiger charge is -2.26. The van der Waals surface area contributed by atoms with E-state index in [-0.39, 0.29) is 6.61 Å². The van der Waals surface area contributed by atoms with Gasteiger partial charge in [0.25, 0.3) is 0 Å². The number of aliphatic hydroxyl groups is 1. The molecule has 1 aromatic heterocycles. The first-order valence-electron chi connectivity index (χ1n) is 4.92. The Labute approximate surface area is 94.7 Å². The Morgan fingerprint density at radius 3 is 2.73 bits per heavy atom. The average molecular weight is 227 g/mol. The van der Waals surface area contributed by atoms with Crippen molar-refractivity contribution in [3.05, 3.63) is 12.4 Å². The van der Waals surface area contributed by atoms with Crippen LogP contribution in [0.25, 0.3) is 0 Å². The summed E-state index contributed by atoms with van der Waals surface area (Å²) >= 11 is 1.59. The van der Waals surface area contributed by atoms with Crippen LogP contribution in [0.4, 0.5) is 5.82 Å². The standard InChI is InChI=1S/C10H17N3OS/c1-8(2)13(4-5-14)9-6-10(15-3)12-7-11-9/h6-8,14H,4-5H2,1-3H3. The SMILES string of the molecule is CSc1cc(N(CCO)C(C)C)ncn1. The summed E-state index contributed by atoms with van der Waals surface area (Å²) in [7, 11) is 0. The van der Waals surface area contributed by atoms with Crippen molar-refractivity contribution in [3.63, 3.8) is 0 Å². The normalized spacial score (nSPS) is 10.7. The van der Waals surface area contributed by atoms with Gasteiger partial charge in [-0.3, -0.25) is 0 Å². The molecule has 4 nitrogen and oxygen atoms in total. The van der Waals surface area contributed by atoms with Crippen LogP contribution in [0.3, 0.4) is 0 Å². The fourth-order valence-electron chi connectivity index (χ4n) is 1.34. The lowest BCUT2D eigenvalue weighted by molar-refractivity contribution is 0.298. The van der Waals surface area contributed by atoms with Gasteiger partial charge in [-0.05, 0) is 20.1 Å². The average Bonchev–Trinajstić information content (AvgIpc) is 2.25. The van der Waals surface area contributed by atoms with Gasteiger partial charge >= 0.3 is 0 Å². The van der Waals surface area contributed by atoms with Crippen LogP contribution in [0.5, 0.6) is 0 Å². The molecule has 0 aliphatic carbocycles. The van der Waals surface area contributed by atoms with E-state index in [2.05, 4.69) is 28.7 Å². The Bertz CT molecular complexity index is 306. The number of rotatable bonds is 5. The summed E-state index contributed by atoms with van der Waals surface area (Å²) in [6.07, 6.45) is 3.55. The van der Waals surface area contributed by atoms with E-state index in [0.29, 0.717) is 12.6 Å². The molecule has 1 heterocycles. The highest BCUT2D eigenvalue weighted by molar-refractivity contribution is 7.98. The third-order valence-corrected chi connectivity index (χ3v) is 2.74. The molecule has 0 aliphatic rings. The lowest BCUT2D eigenvalue weighted by Crippen LogP contribution is -2.34. The Balaban J connectivity index is 2.89. The molecule has 0 spiro atoms. The Kier molecular flexibility index (Phi) is 4.84. The zero-order valence-electron chi connectivity index (χ0n) is 9.34. The van der Waals surface area contributed by atoms with E-state index in [1.165, 1.54) is 0 Å². The molecule has 1 aromatic rings. The van der Waals surface area contributed by atoms with Crippen LogP contribution < -0.4 is 4.90 Å². The van der Waals surface area contributed by atoms with Crippen LogP contribution >= 0.6 is 11.8 Å². The molecule has 1 rings (SSSR count). The number of thioether (sulfide) groups is 1. The number of aliphatic hydroxyl groups excluding tert-OH is 1. The third kappa shape index (κ3) is 3.35. The Morgan fingerprint density at radius 1 is 1.47 bits per heavy atom. The van der Waals surface area contributed by atoms with E-state index < -0.39 is 0 Å². The fraction of sp³-hybridized carbons (Fsp3) is 0.600. The van der Waals surface area contributed by atoms with E-state index in [1.54, 1.807) is 18.1 Å². The summed E-state index contributed by atoms with van der Waals surface area (Å²) in [5.74, 6) is 0.874. The van der Waals surface area contributed by atoms with Crippen molar-refractivity contribution >= 4 is 17.6 Å². The summed E-state index contributed by atoms with van der Waals surface area (Å²) in [6.45, 7) is 4.90. The molecule has 0 saturated heterocycles. The van der Waals surface area contributed by atoms with E-state index in [9.17, 15) is 0 Å². The number of hydrogen-bond acceptors (Lipinski definition) is 5. The van der Waals surface area contributed by atoms with Crippen molar-refractivity contribution in [1.82, 2.24) is 9.97 Å². The molecule has 0 aromatic carbocycles. The molecule has 15 heavy (non-hydrogen) atoms. The maximum atomic E-state index is 8.98. The van der Waals surface area contributed by atoms with Gasteiger partial charge in [0.2, 0.25) is 0 Å². The molecule has 0 saturated carbocycles. The molecule has 5 heteroatoms. The van der Waals surface area contributed by atoms with Crippen LogP contribution in [0, 0.1) is 0 Å². The van der Waals surface area contributed by atoms with Gasteiger partial charge in [-0.25, -0.2) is 9.97 Å². The molecule has 0 bridgehead atoms. The number of nitrogens with zero attached hydrogens (tertiary/aromatic N) is 3. The van der Waals surface area contributed by atoms with Gasteiger partial charge in [-0.1, -0.05) is 0 Å².